The van der Waals surface area contributed by atoms with E-state index in [2.05, 4.69) is 23.6 Å². The van der Waals surface area contributed by atoms with Gasteiger partial charge in [-0.15, -0.1) is 0 Å². The molecule has 0 unspecified atom stereocenters. The highest BCUT2D eigenvalue weighted by molar-refractivity contribution is 6.30. The monoisotopic (exact) mass is 576 g/mol. The first-order valence-corrected chi connectivity index (χ1v) is 14.8. The van der Waals surface area contributed by atoms with Crippen LogP contribution < -0.4 is 4.90 Å². The molecule has 0 aliphatic carbocycles. The van der Waals surface area contributed by atoms with Gasteiger partial charge in [0.25, 0.3) is 0 Å². The van der Waals surface area contributed by atoms with Crippen LogP contribution in [-0.2, 0) is 19.3 Å². The Balaban J connectivity index is 0.000000559. The lowest BCUT2D eigenvalue weighted by molar-refractivity contribution is -0.138. The van der Waals surface area contributed by atoms with Gasteiger partial charge in [0.1, 0.15) is 0 Å². The third-order valence-corrected chi connectivity index (χ3v) is 7.47. The minimum atomic E-state index is -4.38. The van der Waals surface area contributed by atoms with Crippen molar-refractivity contribution in [2.45, 2.75) is 65.2 Å². The predicted octanol–water partition coefficient (Wildman–Crippen LogP) is 8.39. The lowest BCUT2D eigenvalue weighted by Crippen LogP contribution is -2.45. The van der Waals surface area contributed by atoms with E-state index in [1.54, 1.807) is 6.07 Å². The topological polar surface area (TPSA) is 13.0 Å². The van der Waals surface area contributed by atoms with Gasteiger partial charge in [-0.2, -0.15) is 13.2 Å². The highest BCUT2D eigenvalue weighted by Crippen LogP contribution is 2.35. The summed E-state index contributed by atoms with van der Waals surface area (Å²) in [6.45, 7) is 9.41. The van der Waals surface area contributed by atoms with Crippen LogP contribution in [0, 0.1) is 0 Å². The predicted molar refractivity (Wildman–Crippen MR) is 161 cm³/mol. The second kappa shape index (κ2) is 16.1. The molecule has 2 aromatic carbocycles. The molecular formula is C32H44ClF3N4. The molecule has 0 aromatic heterocycles. The van der Waals surface area contributed by atoms with Crippen molar-refractivity contribution in [3.05, 3.63) is 88.9 Å². The molecule has 1 saturated heterocycles. The zero-order valence-electron chi connectivity index (χ0n) is 24.1. The molecule has 0 bridgehead atoms. The molecule has 0 spiro atoms. The van der Waals surface area contributed by atoms with Gasteiger partial charge >= 0.3 is 6.18 Å². The number of hydrogen-bond donors (Lipinski definition) is 0. The summed E-state index contributed by atoms with van der Waals surface area (Å²) in [6.07, 6.45) is 10.3. The minimum absolute atomic E-state index is 0.276. The van der Waals surface area contributed by atoms with Crippen molar-refractivity contribution in [2.75, 3.05) is 44.7 Å². The summed E-state index contributed by atoms with van der Waals surface area (Å²) in [5.41, 5.74) is 1.66. The maximum absolute atomic E-state index is 13.7. The van der Waals surface area contributed by atoms with Crippen LogP contribution in [-0.4, -0.2) is 54.5 Å². The zero-order chi connectivity index (χ0) is 29.0. The average Bonchev–Trinajstić information content (AvgIpc) is 3.15. The van der Waals surface area contributed by atoms with E-state index >= 15 is 0 Å². The third-order valence-electron chi connectivity index (χ3n) is 7.22. The maximum atomic E-state index is 13.7. The van der Waals surface area contributed by atoms with Crippen molar-refractivity contribution in [1.82, 2.24) is 14.7 Å². The molecule has 2 heterocycles. The van der Waals surface area contributed by atoms with Crippen LogP contribution in [0.4, 0.5) is 18.9 Å². The van der Waals surface area contributed by atoms with Gasteiger partial charge < -0.3 is 9.80 Å². The molecule has 2 aromatic rings. The van der Waals surface area contributed by atoms with Crippen LogP contribution in [0.5, 0.6) is 0 Å². The van der Waals surface area contributed by atoms with Gasteiger partial charge in [-0.25, -0.2) is 0 Å². The number of alkyl halides is 3. The van der Waals surface area contributed by atoms with Gasteiger partial charge in [0, 0.05) is 82.2 Å². The van der Waals surface area contributed by atoms with Gasteiger partial charge in [0.05, 0.1) is 5.56 Å². The van der Waals surface area contributed by atoms with Gasteiger partial charge in [-0.1, -0.05) is 69.7 Å². The number of halogens is 4. The first kappa shape index (κ1) is 32.0. The molecule has 0 atom stereocenters. The molecule has 0 saturated carbocycles. The minimum Gasteiger partial charge on any atom is -0.375 e. The molecule has 2 aliphatic heterocycles. The molecule has 1 fully saturated rings. The van der Waals surface area contributed by atoms with E-state index in [4.69, 9.17) is 11.6 Å². The van der Waals surface area contributed by atoms with Crippen molar-refractivity contribution in [3.8, 4) is 0 Å². The Kier molecular flexibility index (Phi) is 12.9. The van der Waals surface area contributed by atoms with Crippen LogP contribution in [0.3, 0.4) is 0 Å². The number of benzene rings is 2. The molecule has 8 heteroatoms. The quantitative estimate of drug-likeness (QED) is 0.278. The lowest BCUT2D eigenvalue weighted by Gasteiger charge is -2.35. The van der Waals surface area contributed by atoms with Gasteiger partial charge in [0.2, 0.25) is 0 Å². The van der Waals surface area contributed by atoms with Crippen molar-refractivity contribution in [3.63, 3.8) is 0 Å². The highest BCUT2D eigenvalue weighted by atomic mass is 35.5. The Morgan fingerprint density at radius 1 is 0.775 bits per heavy atom. The number of anilines is 1. The highest BCUT2D eigenvalue weighted by Gasteiger charge is 2.34. The Morgan fingerprint density at radius 3 is 2.00 bits per heavy atom. The molecule has 0 amide bonds. The standard InChI is InChI=1S/C25H28ClF3N4.C7H16/c1-30-9-2-10-33(16-11-30)23-7-8-24(25(27,28)29)21(17-23)19-32-14-12-31(13-15-32)18-20-3-5-22(26)6-4-20;1-3-5-7-6-4-2/h2-8,10-11,16-17H,9,12-15,18-19H2,1H3;3-7H2,1-2H3. The van der Waals surface area contributed by atoms with Gasteiger partial charge in [-0.05, 0) is 47.5 Å². The Morgan fingerprint density at radius 2 is 1.40 bits per heavy atom. The Labute approximate surface area is 243 Å². The smallest absolute Gasteiger partial charge is 0.375 e. The molecule has 220 valence electrons. The number of piperazine rings is 1. The lowest BCUT2D eigenvalue weighted by atomic mass is 10.0. The van der Waals surface area contributed by atoms with E-state index in [9.17, 15) is 13.2 Å². The van der Waals surface area contributed by atoms with E-state index in [-0.39, 0.29) is 6.54 Å². The third kappa shape index (κ3) is 10.5. The summed E-state index contributed by atoms with van der Waals surface area (Å²) in [5, 5.41) is 0.712. The summed E-state index contributed by atoms with van der Waals surface area (Å²) >= 11 is 5.96. The molecule has 40 heavy (non-hydrogen) atoms. The van der Waals surface area contributed by atoms with Crippen LogP contribution in [0.1, 0.15) is 62.6 Å². The number of hydrogen-bond acceptors (Lipinski definition) is 4. The Bertz CT molecular complexity index is 1070. The summed E-state index contributed by atoms with van der Waals surface area (Å²) in [5.74, 6) is 0. The SMILES string of the molecule is CCCCCCC.CN1C=CN(c2ccc(C(F)(F)F)c(CN3CCN(Cc4ccc(Cl)cc4)CC3)c2)C=CC1. The molecule has 2 aliphatic rings. The molecule has 4 nitrogen and oxygen atoms in total. The molecule has 0 N–H and O–H groups in total. The fourth-order valence-electron chi connectivity index (χ4n) is 4.81. The second-order valence-corrected chi connectivity index (χ2v) is 11.0. The number of likely N-dealkylation sites (N-methyl/N-ethyl adjacent to an activating group) is 1. The fraction of sp³-hybridized carbons (Fsp3) is 0.500. The molecule has 0 radical (unpaired) electrons. The summed E-state index contributed by atoms with van der Waals surface area (Å²) in [6, 6.07) is 12.2. The first-order valence-electron chi connectivity index (χ1n) is 14.4. The zero-order valence-corrected chi connectivity index (χ0v) is 24.9. The number of rotatable bonds is 9. The van der Waals surface area contributed by atoms with E-state index in [0.717, 1.165) is 45.0 Å². The Hall–Kier alpha value is -2.48. The normalized spacial score (nSPS) is 16.6. The van der Waals surface area contributed by atoms with Crippen molar-refractivity contribution in [2.24, 2.45) is 0 Å². The average molecular weight is 577 g/mol. The maximum Gasteiger partial charge on any atom is 0.416 e. The summed E-state index contributed by atoms with van der Waals surface area (Å²) in [4.78, 5) is 8.29. The largest absolute Gasteiger partial charge is 0.416 e. The van der Waals surface area contributed by atoms with E-state index in [1.807, 2.05) is 65.8 Å². The van der Waals surface area contributed by atoms with Gasteiger partial charge in [-0.3, -0.25) is 9.80 Å². The summed E-state index contributed by atoms with van der Waals surface area (Å²) < 4.78 is 41.2. The van der Waals surface area contributed by atoms with Crippen molar-refractivity contribution in [1.29, 1.82) is 0 Å². The first-order chi connectivity index (χ1) is 19.2. The molecular weight excluding hydrogens is 533 g/mol. The fourth-order valence-corrected chi connectivity index (χ4v) is 4.94. The van der Waals surface area contributed by atoms with E-state index in [1.165, 1.54) is 49.8 Å². The van der Waals surface area contributed by atoms with Crippen LogP contribution >= 0.6 is 11.6 Å². The number of unbranched alkanes of at least 4 members (excludes halogenated alkanes) is 4. The summed E-state index contributed by atoms with van der Waals surface area (Å²) in [7, 11) is 1.95. The van der Waals surface area contributed by atoms with Crippen LogP contribution in [0.25, 0.3) is 0 Å². The van der Waals surface area contributed by atoms with E-state index in [0.29, 0.717) is 10.6 Å². The van der Waals surface area contributed by atoms with Crippen molar-refractivity contribution >= 4 is 17.3 Å². The van der Waals surface area contributed by atoms with E-state index < -0.39 is 11.7 Å². The molecule has 4 rings (SSSR count). The number of nitrogens with zero attached hydrogens (tertiary/aromatic N) is 4. The van der Waals surface area contributed by atoms with Gasteiger partial charge in [0.15, 0.2) is 0 Å². The van der Waals surface area contributed by atoms with Crippen molar-refractivity contribution < 1.29 is 13.2 Å². The van der Waals surface area contributed by atoms with Crippen LogP contribution in [0.2, 0.25) is 5.02 Å². The van der Waals surface area contributed by atoms with Crippen LogP contribution in [0.15, 0.2) is 67.1 Å². The second-order valence-electron chi connectivity index (χ2n) is 10.6.